The third-order valence-electron chi connectivity index (χ3n) is 4.88. The lowest BCUT2D eigenvalue weighted by molar-refractivity contribution is 0.0483. The average Bonchev–Trinajstić information content (AvgIpc) is 3.17. The maximum Gasteiger partial charge on any atom is 0.374 e. The largest absolute Gasteiger partial charge is 0.460 e. The maximum atomic E-state index is 12.8. The van der Waals surface area contributed by atoms with Gasteiger partial charge in [0.15, 0.2) is 0 Å². The predicted octanol–water partition coefficient (Wildman–Crippen LogP) is 2.58. The fourth-order valence-corrected chi connectivity index (χ4v) is 4.57. The molecule has 1 fully saturated rings. The molecule has 0 saturated carbocycles. The highest BCUT2D eigenvalue weighted by Gasteiger charge is 2.31. The summed E-state index contributed by atoms with van der Waals surface area (Å²) in [4.78, 5) is 13.9. The van der Waals surface area contributed by atoms with Crippen molar-refractivity contribution in [3.05, 3.63) is 52.8 Å². The van der Waals surface area contributed by atoms with E-state index < -0.39 is 16.0 Å². The Morgan fingerprint density at radius 3 is 2.50 bits per heavy atom. The molecule has 1 aromatic heterocycles. The predicted molar refractivity (Wildman–Crippen MR) is 105 cm³/mol. The van der Waals surface area contributed by atoms with Gasteiger partial charge in [-0.05, 0) is 44.0 Å². The van der Waals surface area contributed by atoms with Crippen LogP contribution in [0.3, 0.4) is 0 Å². The molecule has 0 atom stereocenters. The molecule has 2 heterocycles. The van der Waals surface area contributed by atoms with Gasteiger partial charge in [0.1, 0.15) is 0 Å². The second kappa shape index (κ2) is 8.46. The highest BCUT2D eigenvalue weighted by atomic mass is 32.2. The second-order valence-electron chi connectivity index (χ2n) is 6.95. The highest BCUT2D eigenvalue weighted by Crippen LogP contribution is 2.22. The molecule has 152 valence electrons. The molecule has 7 nitrogen and oxygen atoms in total. The number of carbonyl (C=O) groups excluding carboxylic acids is 1. The van der Waals surface area contributed by atoms with E-state index in [1.54, 1.807) is 6.92 Å². The van der Waals surface area contributed by atoms with E-state index in [0.717, 1.165) is 6.54 Å². The number of benzene rings is 1. The van der Waals surface area contributed by atoms with Crippen LogP contribution in [0.5, 0.6) is 0 Å². The van der Waals surface area contributed by atoms with Crippen molar-refractivity contribution in [1.29, 1.82) is 0 Å². The van der Waals surface area contributed by atoms with Crippen LogP contribution in [-0.4, -0.2) is 56.4 Å². The van der Waals surface area contributed by atoms with E-state index in [1.165, 1.54) is 33.1 Å². The number of rotatable bonds is 6. The molecular formula is C20H26N2O5S. The van der Waals surface area contributed by atoms with Gasteiger partial charge in [-0.3, -0.25) is 4.90 Å². The molecule has 8 heteroatoms. The summed E-state index contributed by atoms with van der Waals surface area (Å²) < 4.78 is 37.1. The van der Waals surface area contributed by atoms with Crippen molar-refractivity contribution in [3.63, 3.8) is 0 Å². The Morgan fingerprint density at radius 1 is 1.11 bits per heavy atom. The second-order valence-corrected chi connectivity index (χ2v) is 8.82. The van der Waals surface area contributed by atoms with Crippen molar-refractivity contribution in [2.75, 3.05) is 32.8 Å². The minimum absolute atomic E-state index is 0.103. The number of carbonyl (C=O) groups is 1. The molecule has 0 unspecified atom stereocenters. The Hall–Kier alpha value is -2.16. The Bertz CT molecular complexity index is 943. The van der Waals surface area contributed by atoms with Crippen LogP contribution in [-0.2, 0) is 21.3 Å². The molecular weight excluding hydrogens is 380 g/mol. The number of aryl methyl sites for hydroxylation is 2. The Balaban J connectivity index is 1.63. The van der Waals surface area contributed by atoms with Crippen LogP contribution in [0.15, 0.2) is 39.8 Å². The van der Waals surface area contributed by atoms with Crippen LogP contribution >= 0.6 is 0 Å². The Kier molecular flexibility index (Phi) is 6.22. The van der Waals surface area contributed by atoms with E-state index in [9.17, 15) is 13.2 Å². The third-order valence-corrected chi connectivity index (χ3v) is 6.65. The smallest absolute Gasteiger partial charge is 0.374 e. The fourth-order valence-electron chi connectivity index (χ4n) is 3.24. The number of hydrogen-bond donors (Lipinski definition) is 0. The molecule has 0 amide bonds. The molecule has 0 N–H and O–H groups in total. The van der Waals surface area contributed by atoms with Crippen molar-refractivity contribution in [2.24, 2.45) is 0 Å². The summed E-state index contributed by atoms with van der Waals surface area (Å²) in [6.07, 6.45) is 0. The van der Waals surface area contributed by atoms with E-state index >= 15 is 0 Å². The molecule has 0 spiro atoms. The Labute approximate surface area is 165 Å². The normalized spacial score (nSPS) is 16.2. The molecule has 3 rings (SSSR count). The van der Waals surface area contributed by atoms with Gasteiger partial charge in [0, 0.05) is 32.7 Å². The van der Waals surface area contributed by atoms with Crippen LogP contribution in [0.25, 0.3) is 0 Å². The summed E-state index contributed by atoms with van der Waals surface area (Å²) in [6.45, 7) is 8.87. The van der Waals surface area contributed by atoms with Crippen molar-refractivity contribution in [3.8, 4) is 0 Å². The lowest BCUT2D eigenvalue weighted by atomic mass is 10.1. The zero-order valence-corrected chi connectivity index (χ0v) is 17.3. The zero-order chi connectivity index (χ0) is 20.3. The molecule has 1 aliphatic heterocycles. The summed E-state index contributed by atoms with van der Waals surface area (Å²) >= 11 is 0. The minimum atomic E-state index is -3.77. The quantitative estimate of drug-likeness (QED) is 0.686. The number of sulfonamides is 1. The van der Waals surface area contributed by atoms with E-state index in [1.807, 2.05) is 0 Å². The number of furan rings is 1. The first-order valence-electron chi connectivity index (χ1n) is 9.37. The summed E-state index contributed by atoms with van der Waals surface area (Å²) in [7, 11) is -3.77. The van der Waals surface area contributed by atoms with Gasteiger partial charge in [-0.2, -0.15) is 4.31 Å². The van der Waals surface area contributed by atoms with Gasteiger partial charge in [0.25, 0.3) is 10.0 Å². The van der Waals surface area contributed by atoms with Gasteiger partial charge in [-0.1, -0.05) is 23.8 Å². The summed E-state index contributed by atoms with van der Waals surface area (Å²) in [5.74, 6) is -0.767. The maximum absolute atomic E-state index is 12.8. The summed E-state index contributed by atoms with van der Waals surface area (Å²) in [5.41, 5.74) is 3.72. The van der Waals surface area contributed by atoms with Crippen LogP contribution in [0, 0.1) is 13.8 Å². The number of hydrogen-bond acceptors (Lipinski definition) is 6. The molecule has 1 aromatic carbocycles. The summed E-state index contributed by atoms with van der Waals surface area (Å²) in [6, 6.07) is 9.03. The van der Waals surface area contributed by atoms with Crippen LogP contribution < -0.4 is 0 Å². The van der Waals surface area contributed by atoms with Crippen LogP contribution in [0.1, 0.15) is 34.2 Å². The van der Waals surface area contributed by atoms with E-state index in [0.29, 0.717) is 26.2 Å². The zero-order valence-electron chi connectivity index (χ0n) is 16.5. The van der Waals surface area contributed by atoms with Crippen molar-refractivity contribution < 1.29 is 22.4 Å². The molecule has 1 aliphatic rings. The number of nitrogens with zero attached hydrogens (tertiary/aromatic N) is 2. The lowest BCUT2D eigenvalue weighted by Crippen LogP contribution is -2.48. The van der Waals surface area contributed by atoms with Gasteiger partial charge in [0.05, 0.1) is 6.61 Å². The average molecular weight is 407 g/mol. The first-order chi connectivity index (χ1) is 13.3. The SMILES string of the molecule is CCOC(=O)c1ccc(S(=O)(=O)N2CCN(Cc3cc(C)ccc3C)CC2)o1. The number of esters is 1. The van der Waals surface area contributed by atoms with Crippen molar-refractivity contribution >= 4 is 16.0 Å². The highest BCUT2D eigenvalue weighted by molar-refractivity contribution is 7.89. The molecule has 2 aromatic rings. The lowest BCUT2D eigenvalue weighted by Gasteiger charge is -2.33. The molecule has 0 radical (unpaired) electrons. The Morgan fingerprint density at radius 2 is 1.82 bits per heavy atom. The van der Waals surface area contributed by atoms with E-state index in [2.05, 4.69) is 36.9 Å². The van der Waals surface area contributed by atoms with Gasteiger partial charge in [0.2, 0.25) is 10.9 Å². The monoisotopic (exact) mass is 406 g/mol. The van der Waals surface area contributed by atoms with Crippen LogP contribution in [0.2, 0.25) is 0 Å². The molecule has 0 aliphatic carbocycles. The van der Waals surface area contributed by atoms with Gasteiger partial charge < -0.3 is 9.15 Å². The standard InChI is InChI=1S/C20H26N2O5S/c1-4-26-20(23)18-7-8-19(27-18)28(24,25)22-11-9-21(10-12-22)14-17-13-15(2)5-6-16(17)3/h5-8,13H,4,9-12,14H2,1-3H3. The van der Waals surface area contributed by atoms with Crippen molar-refractivity contribution in [1.82, 2.24) is 9.21 Å². The van der Waals surface area contributed by atoms with E-state index in [-0.39, 0.29) is 17.5 Å². The fraction of sp³-hybridized carbons (Fsp3) is 0.450. The first kappa shape index (κ1) is 20.6. The van der Waals surface area contributed by atoms with E-state index in [4.69, 9.17) is 9.15 Å². The third kappa shape index (κ3) is 4.45. The minimum Gasteiger partial charge on any atom is -0.460 e. The van der Waals surface area contributed by atoms with Gasteiger partial charge >= 0.3 is 5.97 Å². The van der Waals surface area contributed by atoms with Crippen molar-refractivity contribution in [2.45, 2.75) is 32.4 Å². The topological polar surface area (TPSA) is 80.1 Å². The molecule has 0 bridgehead atoms. The van der Waals surface area contributed by atoms with Gasteiger partial charge in [-0.15, -0.1) is 0 Å². The molecule has 28 heavy (non-hydrogen) atoms. The molecule has 1 saturated heterocycles. The first-order valence-corrected chi connectivity index (χ1v) is 10.8. The number of piperazine rings is 1. The van der Waals surface area contributed by atoms with Crippen LogP contribution in [0.4, 0.5) is 0 Å². The van der Waals surface area contributed by atoms with Gasteiger partial charge in [-0.25, -0.2) is 13.2 Å². The summed E-state index contributed by atoms with van der Waals surface area (Å²) in [5, 5.41) is -0.224. The number of ether oxygens (including phenoxy) is 1.